The molecule has 0 saturated carbocycles. The number of hydrogen-bond donors (Lipinski definition) is 1. The number of anilines is 1. The van der Waals surface area contributed by atoms with Crippen molar-refractivity contribution >= 4 is 28.4 Å². The van der Waals surface area contributed by atoms with Crippen LogP contribution in [0.25, 0.3) is 22.6 Å². The minimum atomic E-state index is -0.466. The van der Waals surface area contributed by atoms with Gasteiger partial charge in [-0.15, -0.1) is 0 Å². The second-order valence-electron chi connectivity index (χ2n) is 7.85. The number of amides is 1. The number of benzene rings is 3. The lowest BCUT2D eigenvalue weighted by molar-refractivity contribution is -0.385. The van der Waals surface area contributed by atoms with Crippen molar-refractivity contribution in [2.45, 2.75) is 33.1 Å². The molecule has 0 saturated heterocycles. The maximum Gasteiger partial charge on any atom is 0.272 e. The molecule has 7 nitrogen and oxygen atoms in total. The Labute approximate surface area is 185 Å². The fourth-order valence-corrected chi connectivity index (χ4v) is 3.54. The first-order chi connectivity index (χ1) is 15.4. The van der Waals surface area contributed by atoms with Crippen LogP contribution in [0.15, 0.2) is 65.1 Å². The zero-order chi connectivity index (χ0) is 22.8. The van der Waals surface area contributed by atoms with Gasteiger partial charge in [0, 0.05) is 28.4 Å². The van der Waals surface area contributed by atoms with Gasteiger partial charge in [0.1, 0.15) is 5.52 Å². The Kier molecular flexibility index (Phi) is 5.73. The van der Waals surface area contributed by atoms with E-state index in [4.69, 9.17) is 4.42 Å². The van der Waals surface area contributed by atoms with Crippen LogP contribution < -0.4 is 5.32 Å². The van der Waals surface area contributed by atoms with Gasteiger partial charge in [0.15, 0.2) is 5.58 Å². The topological polar surface area (TPSA) is 98.3 Å². The van der Waals surface area contributed by atoms with E-state index in [0.717, 1.165) is 17.5 Å². The highest BCUT2D eigenvalue weighted by atomic mass is 16.6. The number of carbonyl (C=O) groups is 1. The maximum atomic E-state index is 12.6. The van der Waals surface area contributed by atoms with Gasteiger partial charge in [0.2, 0.25) is 5.89 Å². The van der Waals surface area contributed by atoms with Crippen molar-refractivity contribution in [1.82, 2.24) is 4.98 Å². The van der Waals surface area contributed by atoms with E-state index in [1.165, 1.54) is 23.8 Å². The summed E-state index contributed by atoms with van der Waals surface area (Å²) >= 11 is 0. The van der Waals surface area contributed by atoms with Gasteiger partial charge in [-0.05, 0) is 67.3 Å². The minimum absolute atomic E-state index is 0.0176. The molecule has 3 aromatic carbocycles. The molecule has 0 aliphatic carbocycles. The second-order valence-corrected chi connectivity index (χ2v) is 7.85. The number of nitrogens with zero attached hydrogens (tertiary/aromatic N) is 2. The second kappa shape index (κ2) is 8.63. The number of nitro benzene ring substituents is 1. The van der Waals surface area contributed by atoms with Crippen molar-refractivity contribution in [3.63, 3.8) is 0 Å². The summed E-state index contributed by atoms with van der Waals surface area (Å²) in [6, 6.07) is 17.6. The molecule has 1 N–H and O–H groups in total. The molecular weight excluding hydrogens is 406 g/mol. The Bertz CT molecular complexity index is 1330. The third-order valence-electron chi connectivity index (χ3n) is 5.62. The van der Waals surface area contributed by atoms with Gasteiger partial charge in [-0.25, -0.2) is 4.98 Å². The van der Waals surface area contributed by atoms with E-state index in [1.54, 1.807) is 19.1 Å². The Morgan fingerprint density at radius 1 is 1.16 bits per heavy atom. The first-order valence-corrected chi connectivity index (χ1v) is 10.4. The third kappa shape index (κ3) is 4.23. The Morgan fingerprint density at radius 3 is 2.69 bits per heavy atom. The van der Waals surface area contributed by atoms with E-state index < -0.39 is 4.92 Å². The van der Waals surface area contributed by atoms with E-state index in [0.29, 0.717) is 34.2 Å². The van der Waals surface area contributed by atoms with Crippen LogP contribution in [0.5, 0.6) is 0 Å². The number of nitro groups is 1. The number of nitrogens with one attached hydrogen (secondary N) is 1. The smallest absolute Gasteiger partial charge is 0.272 e. The molecule has 0 spiro atoms. The average Bonchev–Trinajstić information content (AvgIpc) is 3.22. The standard InChI is InChI=1S/C25H23N3O4/c1-4-15(2)17-9-11-23-21(14-17)27-25(32-23)19-6-5-7-20(13-19)26-24(29)18-8-10-22(28(30)31)16(3)12-18/h5-15H,4H2,1-3H3,(H,26,29)/t15-/m1/s1. The highest BCUT2D eigenvalue weighted by Crippen LogP contribution is 2.29. The molecule has 0 aliphatic rings. The van der Waals surface area contributed by atoms with E-state index >= 15 is 0 Å². The molecule has 0 bridgehead atoms. The fraction of sp³-hybridized carbons (Fsp3) is 0.200. The van der Waals surface area contributed by atoms with Crippen molar-refractivity contribution in [2.75, 3.05) is 5.32 Å². The molecular formula is C25H23N3O4. The molecule has 0 unspecified atom stereocenters. The van der Waals surface area contributed by atoms with Crippen molar-refractivity contribution in [3.05, 3.63) is 87.5 Å². The molecule has 1 amide bonds. The summed E-state index contributed by atoms with van der Waals surface area (Å²) in [5, 5.41) is 13.8. The van der Waals surface area contributed by atoms with Crippen LogP contribution >= 0.6 is 0 Å². The first-order valence-electron chi connectivity index (χ1n) is 10.4. The van der Waals surface area contributed by atoms with Gasteiger partial charge in [-0.2, -0.15) is 0 Å². The minimum Gasteiger partial charge on any atom is -0.436 e. The number of carbonyl (C=O) groups excluding carboxylic acids is 1. The van der Waals surface area contributed by atoms with Gasteiger partial charge in [0.05, 0.1) is 4.92 Å². The molecule has 162 valence electrons. The van der Waals surface area contributed by atoms with Crippen LogP contribution in [0.2, 0.25) is 0 Å². The highest BCUT2D eigenvalue weighted by Gasteiger charge is 2.15. The number of aryl methyl sites for hydroxylation is 1. The quantitative estimate of drug-likeness (QED) is 0.279. The zero-order valence-corrected chi connectivity index (χ0v) is 18.1. The lowest BCUT2D eigenvalue weighted by Gasteiger charge is -2.07. The van der Waals surface area contributed by atoms with Gasteiger partial charge >= 0.3 is 0 Å². The summed E-state index contributed by atoms with van der Waals surface area (Å²) in [7, 11) is 0. The third-order valence-corrected chi connectivity index (χ3v) is 5.62. The average molecular weight is 429 g/mol. The lowest BCUT2D eigenvalue weighted by Crippen LogP contribution is -2.12. The van der Waals surface area contributed by atoms with Crippen molar-refractivity contribution in [2.24, 2.45) is 0 Å². The summed E-state index contributed by atoms with van der Waals surface area (Å²) in [5.41, 5.74) is 4.80. The summed E-state index contributed by atoms with van der Waals surface area (Å²) in [4.78, 5) is 27.8. The number of fused-ring (bicyclic) bond motifs is 1. The number of aromatic nitrogens is 1. The molecule has 1 atom stereocenters. The van der Waals surface area contributed by atoms with Crippen LogP contribution in [-0.4, -0.2) is 15.8 Å². The molecule has 1 aromatic heterocycles. The fourth-order valence-electron chi connectivity index (χ4n) is 3.54. The first kappa shape index (κ1) is 21.2. The van der Waals surface area contributed by atoms with Gasteiger partial charge in [-0.1, -0.05) is 26.0 Å². The lowest BCUT2D eigenvalue weighted by atomic mass is 9.98. The maximum absolute atomic E-state index is 12.6. The van der Waals surface area contributed by atoms with Crippen LogP contribution in [-0.2, 0) is 0 Å². The van der Waals surface area contributed by atoms with Gasteiger partial charge in [0.25, 0.3) is 11.6 Å². The molecule has 0 aliphatic heterocycles. The zero-order valence-electron chi connectivity index (χ0n) is 18.1. The monoisotopic (exact) mass is 429 g/mol. The summed E-state index contributed by atoms with van der Waals surface area (Å²) in [5.74, 6) is 0.570. The van der Waals surface area contributed by atoms with Crippen LogP contribution in [0.4, 0.5) is 11.4 Å². The van der Waals surface area contributed by atoms with Crippen LogP contribution in [0.3, 0.4) is 0 Å². The van der Waals surface area contributed by atoms with Crippen LogP contribution in [0, 0.1) is 17.0 Å². The predicted molar refractivity (Wildman–Crippen MR) is 124 cm³/mol. The predicted octanol–water partition coefficient (Wildman–Crippen LogP) is 6.48. The van der Waals surface area contributed by atoms with E-state index in [2.05, 4.69) is 36.3 Å². The molecule has 7 heteroatoms. The van der Waals surface area contributed by atoms with E-state index in [9.17, 15) is 14.9 Å². The van der Waals surface area contributed by atoms with Gasteiger partial charge in [-0.3, -0.25) is 14.9 Å². The summed E-state index contributed by atoms with van der Waals surface area (Å²) in [6.07, 6.45) is 1.05. The Balaban J connectivity index is 1.58. The summed E-state index contributed by atoms with van der Waals surface area (Å²) < 4.78 is 5.93. The Morgan fingerprint density at radius 2 is 1.97 bits per heavy atom. The molecule has 1 heterocycles. The highest BCUT2D eigenvalue weighted by molar-refractivity contribution is 6.04. The van der Waals surface area contributed by atoms with E-state index in [-0.39, 0.29) is 11.6 Å². The van der Waals surface area contributed by atoms with Crippen molar-refractivity contribution in [1.29, 1.82) is 0 Å². The van der Waals surface area contributed by atoms with Crippen molar-refractivity contribution < 1.29 is 14.1 Å². The molecule has 4 rings (SSSR count). The number of rotatable bonds is 6. The summed E-state index contributed by atoms with van der Waals surface area (Å²) in [6.45, 7) is 5.94. The Hall–Kier alpha value is -4.00. The van der Waals surface area contributed by atoms with E-state index in [1.807, 2.05) is 18.2 Å². The molecule has 0 fully saturated rings. The number of hydrogen-bond acceptors (Lipinski definition) is 5. The largest absolute Gasteiger partial charge is 0.436 e. The molecule has 4 aromatic rings. The van der Waals surface area contributed by atoms with Crippen LogP contribution in [0.1, 0.15) is 47.7 Å². The van der Waals surface area contributed by atoms with Gasteiger partial charge < -0.3 is 9.73 Å². The van der Waals surface area contributed by atoms with Crippen molar-refractivity contribution in [3.8, 4) is 11.5 Å². The normalized spacial score (nSPS) is 12.0. The molecule has 0 radical (unpaired) electrons. The molecule has 32 heavy (non-hydrogen) atoms. The SMILES string of the molecule is CC[C@@H](C)c1ccc2oc(-c3cccc(NC(=O)c4ccc([N+](=O)[O-])c(C)c4)c3)nc2c1. The number of oxazole rings is 1.